The number of amides is 1. The normalized spacial score (nSPS) is 36.5. The van der Waals surface area contributed by atoms with Gasteiger partial charge < -0.3 is 20.0 Å². The Morgan fingerprint density at radius 2 is 1.17 bits per heavy atom. The Morgan fingerprint density at radius 3 is 1.80 bits per heavy atom. The third-order valence-electron chi connectivity index (χ3n) is 15.3. The zero-order valence-corrected chi connectivity index (χ0v) is 36.8. The van der Waals surface area contributed by atoms with Crippen LogP contribution in [0.4, 0.5) is 0 Å². The largest absolute Gasteiger partial charge is 0.481 e. The highest BCUT2D eigenvalue weighted by Crippen LogP contribution is 2.41. The highest BCUT2D eigenvalue weighted by Gasteiger charge is 2.42. The minimum absolute atomic E-state index is 0.0154. The van der Waals surface area contributed by atoms with Crippen molar-refractivity contribution in [3.63, 3.8) is 0 Å². The maximum Gasteiger partial charge on any atom is 0.308 e. The Morgan fingerprint density at radius 1 is 0.559 bits per heavy atom. The lowest BCUT2D eigenvalue weighted by molar-refractivity contribution is -0.310. The summed E-state index contributed by atoms with van der Waals surface area (Å²) in [7, 11) is 0. The molecule has 338 valence electrons. The van der Waals surface area contributed by atoms with Crippen molar-refractivity contribution in [1.29, 1.82) is 0 Å². The second kappa shape index (κ2) is 24.6. The maximum atomic E-state index is 13.6. The number of carboxylic acids is 1. The summed E-state index contributed by atoms with van der Waals surface area (Å²) in [5.74, 6) is -0.520. The van der Waals surface area contributed by atoms with Crippen molar-refractivity contribution in [2.24, 2.45) is 59.2 Å². The van der Waals surface area contributed by atoms with Gasteiger partial charge in [-0.25, -0.2) is 14.7 Å². The molecule has 12 unspecified atom stereocenters. The van der Waals surface area contributed by atoms with Crippen LogP contribution >= 0.6 is 23.2 Å². The Labute approximate surface area is 362 Å². The summed E-state index contributed by atoms with van der Waals surface area (Å²) >= 11 is 13.9. The molecule has 12 atom stereocenters. The van der Waals surface area contributed by atoms with Crippen LogP contribution in [0.15, 0.2) is 0 Å². The number of ether oxygens (including phenoxy) is 1. The molecule has 0 bridgehead atoms. The number of halogens is 2. The summed E-state index contributed by atoms with van der Waals surface area (Å²) in [6.07, 6.45) is 22.3. The topological polar surface area (TPSA) is 162 Å². The fourth-order valence-electron chi connectivity index (χ4n) is 11.5. The number of rotatable bonds is 19. The molecule has 0 aromatic rings. The monoisotopic (exact) mass is 872 g/mol. The second-order valence-corrected chi connectivity index (χ2v) is 20.7. The molecule has 0 aromatic heterocycles. The van der Waals surface area contributed by atoms with Crippen LogP contribution in [-0.2, 0) is 38.6 Å². The molecule has 59 heavy (non-hydrogen) atoms. The van der Waals surface area contributed by atoms with Crippen molar-refractivity contribution in [1.82, 2.24) is 10.8 Å². The van der Waals surface area contributed by atoms with Crippen molar-refractivity contribution >= 4 is 41.0 Å². The number of alkyl halides is 2. The van der Waals surface area contributed by atoms with Gasteiger partial charge in [0, 0.05) is 12.1 Å². The van der Waals surface area contributed by atoms with E-state index in [9.17, 15) is 24.7 Å². The van der Waals surface area contributed by atoms with Crippen LogP contribution in [0.3, 0.4) is 0 Å². The zero-order valence-electron chi connectivity index (χ0n) is 35.3. The molecule has 14 heteroatoms. The van der Waals surface area contributed by atoms with E-state index in [2.05, 4.69) is 15.7 Å². The van der Waals surface area contributed by atoms with Crippen molar-refractivity contribution in [3.8, 4) is 0 Å². The minimum atomic E-state index is -0.916. The number of esters is 1. The number of hydrogen-bond donors (Lipinski definition) is 4. The van der Waals surface area contributed by atoms with E-state index in [0.717, 1.165) is 70.6 Å². The van der Waals surface area contributed by atoms with Crippen molar-refractivity contribution < 1.29 is 49.0 Å². The molecule has 6 aliphatic carbocycles. The average molecular weight is 874 g/mol. The Balaban J connectivity index is 0.876. The van der Waals surface area contributed by atoms with Gasteiger partial charge in [0.05, 0.1) is 61.5 Å². The van der Waals surface area contributed by atoms with Gasteiger partial charge in [0.1, 0.15) is 0 Å². The molecular formula is C45H74Cl2N2O10. The smallest absolute Gasteiger partial charge is 0.308 e. The van der Waals surface area contributed by atoms with Crippen molar-refractivity contribution in [3.05, 3.63) is 0 Å². The van der Waals surface area contributed by atoms with Crippen LogP contribution < -0.4 is 10.8 Å². The van der Waals surface area contributed by atoms with Gasteiger partial charge in [-0.2, -0.15) is 5.48 Å². The standard InChI is InChI=1S/C45H74Cl2N2O10/c46-39-21-31(12-17-41(39)48-43(50)38-20-33(11-16-37(38)44(51)52)26-59-58-25-30-9-5-2-6-10-30)19-32-13-18-42(40(47)22-32)49-56-27-36-23-34(14-15-35(36)28-57-54)45(53)55-24-29-7-3-1-4-8-29/h29-42,49,54H,1-28H2,(H,48,50)(H,51,52). The van der Waals surface area contributed by atoms with E-state index in [1.807, 2.05) is 0 Å². The van der Waals surface area contributed by atoms with Gasteiger partial charge in [-0.1, -0.05) is 38.5 Å². The Bertz CT molecular complexity index is 1290. The summed E-state index contributed by atoms with van der Waals surface area (Å²) in [5.41, 5.74) is 3.25. The number of carbonyl (C=O) groups is 3. The molecular weight excluding hydrogens is 799 g/mol. The molecule has 0 radical (unpaired) electrons. The predicted octanol–water partition coefficient (Wildman–Crippen LogP) is 8.86. The summed E-state index contributed by atoms with van der Waals surface area (Å²) in [6.45, 7) is 2.13. The van der Waals surface area contributed by atoms with Gasteiger partial charge in [-0.05, 0) is 151 Å². The van der Waals surface area contributed by atoms with Crippen molar-refractivity contribution in [2.75, 3.05) is 33.0 Å². The van der Waals surface area contributed by atoms with Gasteiger partial charge >= 0.3 is 11.9 Å². The molecule has 6 aliphatic rings. The molecule has 0 aliphatic heterocycles. The van der Waals surface area contributed by atoms with Crippen LogP contribution in [0.25, 0.3) is 0 Å². The van der Waals surface area contributed by atoms with E-state index in [4.69, 9.17) is 42.6 Å². The van der Waals surface area contributed by atoms with E-state index in [-0.39, 0.29) is 65.0 Å². The van der Waals surface area contributed by atoms with E-state index in [0.29, 0.717) is 75.8 Å². The predicted molar refractivity (Wildman–Crippen MR) is 224 cm³/mol. The molecule has 6 saturated carbocycles. The Kier molecular flexibility index (Phi) is 19.7. The van der Waals surface area contributed by atoms with Gasteiger partial charge in [0.15, 0.2) is 0 Å². The molecule has 12 nitrogen and oxygen atoms in total. The first kappa shape index (κ1) is 47.2. The molecule has 6 rings (SSSR count). The van der Waals surface area contributed by atoms with Crippen LogP contribution in [0.5, 0.6) is 0 Å². The van der Waals surface area contributed by atoms with Gasteiger partial charge in [0.25, 0.3) is 0 Å². The number of nitrogens with one attached hydrogen (secondary N) is 2. The maximum absolute atomic E-state index is 13.6. The van der Waals surface area contributed by atoms with Crippen LogP contribution in [-0.4, -0.2) is 84.1 Å². The summed E-state index contributed by atoms with van der Waals surface area (Å²) < 4.78 is 5.79. The number of hydrogen-bond acceptors (Lipinski definition) is 10. The van der Waals surface area contributed by atoms with Crippen LogP contribution in [0.2, 0.25) is 0 Å². The lowest BCUT2D eigenvalue weighted by atomic mass is 9.73. The van der Waals surface area contributed by atoms with Crippen LogP contribution in [0, 0.1) is 59.2 Å². The van der Waals surface area contributed by atoms with E-state index in [1.165, 1.54) is 51.4 Å². The molecule has 1 amide bonds. The highest BCUT2D eigenvalue weighted by molar-refractivity contribution is 6.21. The third kappa shape index (κ3) is 14.7. The summed E-state index contributed by atoms with van der Waals surface area (Å²) in [5, 5.41) is 22.1. The molecule has 0 spiro atoms. The SMILES string of the molecule is O=C(OCC1CCCCC1)C1CCC(COO)C(CONC2CCC(CC3CCC(NC(=O)C4CC(COOCC5CCCCC5)CCC4C(=O)O)C(Cl)C3)CC2Cl)C1. The molecule has 0 aromatic carbocycles. The zero-order chi connectivity index (χ0) is 41.6. The van der Waals surface area contributed by atoms with Gasteiger partial charge in [-0.3, -0.25) is 19.6 Å². The van der Waals surface area contributed by atoms with E-state index in [1.54, 1.807) is 0 Å². The fourth-order valence-corrected chi connectivity index (χ4v) is 12.4. The van der Waals surface area contributed by atoms with E-state index < -0.39 is 17.8 Å². The second-order valence-electron chi connectivity index (χ2n) is 19.5. The number of carboxylic acid groups (broad SMARTS) is 1. The van der Waals surface area contributed by atoms with E-state index >= 15 is 0 Å². The van der Waals surface area contributed by atoms with Crippen molar-refractivity contribution in [2.45, 2.75) is 171 Å². The first-order chi connectivity index (χ1) is 28.7. The lowest BCUT2D eigenvalue weighted by Gasteiger charge is -2.39. The molecule has 6 fully saturated rings. The number of carbonyl (C=O) groups excluding carboxylic acids is 2. The average Bonchev–Trinajstić information content (AvgIpc) is 3.24. The van der Waals surface area contributed by atoms with Crippen LogP contribution in [0.1, 0.15) is 148 Å². The summed E-state index contributed by atoms with van der Waals surface area (Å²) in [4.78, 5) is 60.6. The molecule has 0 saturated heterocycles. The first-order valence-corrected chi connectivity index (χ1v) is 24.4. The number of hydroxylamine groups is 1. The highest BCUT2D eigenvalue weighted by atomic mass is 35.5. The fraction of sp³-hybridized carbons (Fsp3) is 0.933. The first-order valence-electron chi connectivity index (χ1n) is 23.5. The number of aliphatic carboxylic acids is 1. The quantitative estimate of drug-likeness (QED) is 0.0323. The summed E-state index contributed by atoms with van der Waals surface area (Å²) in [6, 6.07) is -0.167. The molecule has 4 N–H and O–H groups in total. The lowest BCUT2D eigenvalue weighted by Crippen LogP contribution is -2.50. The van der Waals surface area contributed by atoms with Gasteiger partial charge in [0.2, 0.25) is 5.91 Å². The Hall–Kier alpha value is -1.25. The minimum Gasteiger partial charge on any atom is -0.481 e. The molecule has 0 heterocycles. The van der Waals surface area contributed by atoms with Gasteiger partial charge in [-0.15, -0.1) is 23.2 Å². The third-order valence-corrected chi connectivity index (χ3v) is 16.2.